The molecular formula is C10H10F3NO3. The zero-order chi connectivity index (χ0) is 13.2. The third-order valence-electron chi connectivity index (χ3n) is 2.18. The predicted octanol–water partition coefficient (Wildman–Crippen LogP) is 1.96. The van der Waals surface area contributed by atoms with Crippen LogP contribution in [0.2, 0.25) is 0 Å². The molecule has 17 heavy (non-hydrogen) atoms. The molecule has 0 saturated heterocycles. The smallest absolute Gasteiger partial charge is 0.407 e. The molecule has 4 nitrogen and oxygen atoms in total. The summed E-state index contributed by atoms with van der Waals surface area (Å²) in [6.07, 6.45) is -4.70. The van der Waals surface area contributed by atoms with Crippen LogP contribution in [0.4, 0.5) is 13.2 Å². The number of aromatic carboxylic acids is 1. The molecule has 0 aliphatic heterocycles. The van der Waals surface area contributed by atoms with E-state index < -0.39 is 29.3 Å². The number of benzene rings is 1. The lowest BCUT2D eigenvalue weighted by Gasteiger charge is -2.18. The molecule has 0 bridgehead atoms. The lowest BCUT2D eigenvalue weighted by Crippen LogP contribution is -2.30. The summed E-state index contributed by atoms with van der Waals surface area (Å²) in [4.78, 5) is 10.8. The molecule has 1 rings (SSSR count). The van der Waals surface area contributed by atoms with Crippen LogP contribution in [-0.4, -0.2) is 24.4 Å². The van der Waals surface area contributed by atoms with Gasteiger partial charge < -0.3 is 15.6 Å². The summed E-state index contributed by atoms with van der Waals surface area (Å²) < 4.78 is 42.0. The van der Waals surface area contributed by atoms with Crippen molar-refractivity contribution in [1.82, 2.24) is 0 Å². The van der Waals surface area contributed by atoms with Gasteiger partial charge in [0, 0.05) is 0 Å². The molecule has 1 aromatic rings. The lowest BCUT2D eigenvalue weighted by atomic mass is 10.00. The standard InChI is InChI=1S/C10H10F3NO3/c1-17-5-2-3-6(7(4-5)9(15)16)8(14)10(11,12)13/h2-4,8H,14H2,1H3,(H,15,16)/t8-/m1/s1. The first kappa shape index (κ1) is 13.3. The van der Waals surface area contributed by atoms with E-state index in [1.807, 2.05) is 0 Å². The first-order valence-electron chi connectivity index (χ1n) is 4.51. The van der Waals surface area contributed by atoms with Crippen LogP contribution in [0, 0.1) is 0 Å². The van der Waals surface area contributed by atoms with Crippen molar-refractivity contribution in [1.29, 1.82) is 0 Å². The van der Waals surface area contributed by atoms with Crippen LogP contribution in [0.3, 0.4) is 0 Å². The molecule has 0 radical (unpaired) electrons. The third-order valence-corrected chi connectivity index (χ3v) is 2.18. The third kappa shape index (κ3) is 2.88. The molecular weight excluding hydrogens is 239 g/mol. The van der Waals surface area contributed by atoms with E-state index in [1.165, 1.54) is 13.2 Å². The van der Waals surface area contributed by atoms with Crippen molar-refractivity contribution in [3.63, 3.8) is 0 Å². The van der Waals surface area contributed by atoms with Gasteiger partial charge in [0.1, 0.15) is 11.8 Å². The van der Waals surface area contributed by atoms with Gasteiger partial charge >= 0.3 is 12.1 Å². The highest BCUT2D eigenvalue weighted by Gasteiger charge is 2.39. The molecule has 0 fully saturated rings. The number of rotatable bonds is 3. The van der Waals surface area contributed by atoms with Crippen LogP contribution in [0.15, 0.2) is 18.2 Å². The molecule has 3 N–H and O–H groups in total. The van der Waals surface area contributed by atoms with Gasteiger partial charge in [-0.3, -0.25) is 0 Å². The van der Waals surface area contributed by atoms with Gasteiger partial charge in [0.05, 0.1) is 12.7 Å². The number of halogens is 3. The van der Waals surface area contributed by atoms with E-state index in [-0.39, 0.29) is 5.75 Å². The maximum atomic E-state index is 12.4. The first-order valence-corrected chi connectivity index (χ1v) is 4.51. The average molecular weight is 249 g/mol. The van der Waals surface area contributed by atoms with E-state index in [4.69, 9.17) is 15.6 Å². The first-order chi connectivity index (χ1) is 7.77. The monoisotopic (exact) mass is 249 g/mol. The van der Waals surface area contributed by atoms with E-state index in [1.54, 1.807) is 0 Å². The Morgan fingerprint density at radius 2 is 2.06 bits per heavy atom. The fourth-order valence-electron chi connectivity index (χ4n) is 1.30. The topological polar surface area (TPSA) is 72.5 Å². The summed E-state index contributed by atoms with van der Waals surface area (Å²) in [7, 11) is 1.28. The highest BCUT2D eigenvalue weighted by Crippen LogP contribution is 2.33. The molecule has 0 heterocycles. The normalized spacial score (nSPS) is 13.2. The van der Waals surface area contributed by atoms with E-state index in [0.717, 1.165) is 12.1 Å². The van der Waals surface area contributed by atoms with Crippen molar-refractivity contribution in [3.05, 3.63) is 29.3 Å². The molecule has 0 aromatic heterocycles. The molecule has 0 unspecified atom stereocenters. The van der Waals surface area contributed by atoms with Gasteiger partial charge in [0.2, 0.25) is 0 Å². The number of carboxylic acids is 1. The Balaban J connectivity index is 3.29. The SMILES string of the molecule is COc1ccc([C@@H](N)C(F)(F)F)c(C(=O)O)c1. The van der Waals surface area contributed by atoms with Gasteiger partial charge in [0.15, 0.2) is 0 Å². The van der Waals surface area contributed by atoms with Gasteiger partial charge in [-0.15, -0.1) is 0 Å². The van der Waals surface area contributed by atoms with Crippen LogP contribution in [0.1, 0.15) is 22.0 Å². The molecule has 94 valence electrons. The molecule has 0 amide bonds. The number of methoxy groups -OCH3 is 1. The van der Waals surface area contributed by atoms with Crippen molar-refractivity contribution < 1.29 is 27.8 Å². The van der Waals surface area contributed by atoms with Crippen LogP contribution in [0.5, 0.6) is 5.75 Å². The maximum absolute atomic E-state index is 12.4. The molecule has 0 saturated carbocycles. The Morgan fingerprint density at radius 1 is 1.47 bits per heavy atom. The molecule has 7 heteroatoms. The fourth-order valence-corrected chi connectivity index (χ4v) is 1.30. The number of hydrogen-bond donors (Lipinski definition) is 2. The Kier molecular flexibility index (Phi) is 3.62. The van der Waals surface area contributed by atoms with Crippen molar-refractivity contribution in [2.75, 3.05) is 7.11 Å². The number of carboxylic acid groups (broad SMARTS) is 1. The molecule has 0 aliphatic rings. The highest BCUT2D eigenvalue weighted by atomic mass is 19.4. The van der Waals surface area contributed by atoms with E-state index >= 15 is 0 Å². The van der Waals surface area contributed by atoms with Gasteiger partial charge in [-0.25, -0.2) is 4.79 Å². The Labute approximate surface area is 94.8 Å². The van der Waals surface area contributed by atoms with Gasteiger partial charge in [-0.05, 0) is 17.7 Å². The minimum absolute atomic E-state index is 0.153. The van der Waals surface area contributed by atoms with Crippen molar-refractivity contribution in [3.8, 4) is 5.75 Å². The zero-order valence-corrected chi connectivity index (χ0v) is 8.78. The lowest BCUT2D eigenvalue weighted by molar-refractivity contribution is -0.149. The minimum atomic E-state index is -4.70. The average Bonchev–Trinajstić information content (AvgIpc) is 2.25. The van der Waals surface area contributed by atoms with Gasteiger partial charge in [-0.2, -0.15) is 13.2 Å². The second-order valence-corrected chi connectivity index (χ2v) is 3.28. The summed E-state index contributed by atoms with van der Waals surface area (Å²) in [6, 6.07) is 0.899. The number of alkyl halides is 3. The molecule has 0 aliphatic carbocycles. The number of carbonyl (C=O) groups is 1. The molecule has 1 atom stereocenters. The highest BCUT2D eigenvalue weighted by molar-refractivity contribution is 5.90. The summed E-state index contributed by atoms with van der Waals surface area (Å²) in [5.41, 5.74) is 3.96. The van der Waals surface area contributed by atoms with Crippen molar-refractivity contribution in [2.45, 2.75) is 12.2 Å². The predicted molar refractivity (Wildman–Crippen MR) is 52.9 cm³/mol. The van der Waals surface area contributed by atoms with Crippen LogP contribution < -0.4 is 10.5 Å². The Morgan fingerprint density at radius 3 is 2.47 bits per heavy atom. The number of ether oxygens (including phenoxy) is 1. The molecule has 0 spiro atoms. The van der Waals surface area contributed by atoms with Gasteiger partial charge in [0.25, 0.3) is 0 Å². The quantitative estimate of drug-likeness (QED) is 0.858. The van der Waals surface area contributed by atoms with Crippen LogP contribution in [0.25, 0.3) is 0 Å². The second kappa shape index (κ2) is 4.62. The minimum Gasteiger partial charge on any atom is -0.497 e. The largest absolute Gasteiger partial charge is 0.497 e. The molecule has 1 aromatic carbocycles. The summed E-state index contributed by atoms with van der Waals surface area (Å²) in [6.45, 7) is 0. The van der Waals surface area contributed by atoms with Gasteiger partial charge in [-0.1, -0.05) is 6.07 Å². The Bertz CT molecular complexity index is 431. The second-order valence-electron chi connectivity index (χ2n) is 3.28. The number of nitrogens with two attached hydrogens (primary N) is 1. The maximum Gasteiger partial charge on any atom is 0.407 e. The van der Waals surface area contributed by atoms with Crippen molar-refractivity contribution in [2.24, 2.45) is 5.73 Å². The summed E-state index contributed by atoms with van der Waals surface area (Å²) >= 11 is 0. The van der Waals surface area contributed by atoms with Crippen LogP contribution in [-0.2, 0) is 0 Å². The van der Waals surface area contributed by atoms with E-state index in [9.17, 15) is 18.0 Å². The summed E-state index contributed by atoms with van der Waals surface area (Å²) in [5.74, 6) is -1.33. The van der Waals surface area contributed by atoms with E-state index in [2.05, 4.69) is 0 Å². The fraction of sp³-hybridized carbons (Fsp3) is 0.300. The van der Waals surface area contributed by atoms with E-state index in [0.29, 0.717) is 0 Å². The summed E-state index contributed by atoms with van der Waals surface area (Å²) in [5, 5.41) is 8.82. The zero-order valence-electron chi connectivity index (χ0n) is 8.78. The van der Waals surface area contributed by atoms with Crippen LogP contribution >= 0.6 is 0 Å². The number of hydrogen-bond acceptors (Lipinski definition) is 3. The van der Waals surface area contributed by atoms with Crippen molar-refractivity contribution >= 4 is 5.97 Å². The Hall–Kier alpha value is -1.76.